The van der Waals surface area contributed by atoms with Gasteiger partial charge in [-0.2, -0.15) is 0 Å². The van der Waals surface area contributed by atoms with Crippen molar-refractivity contribution in [1.29, 1.82) is 0 Å². The number of hydrogen-bond acceptors (Lipinski definition) is 23. The Hall–Kier alpha value is -4.35. The Kier molecular flexibility index (Phi) is 16.1. The third-order valence-corrected chi connectivity index (χ3v) is 13.0. The number of phosphoric ester groups is 1. The van der Waals surface area contributed by atoms with Crippen molar-refractivity contribution in [2.24, 2.45) is 0 Å². The van der Waals surface area contributed by atoms with Crippen LogP contribution in [-0.4, -0.2) is 155 Å². The summed E-state index contributed by atoms with van der Waals surface area (Å²) in [6.07, 6.45) is -8.34. The average Bonchev–Trinajstić information content (AvgIpc) is 4.00. The first-order chi connectivity index (χ1) is 31.1. The topological polar surface area (TPSA) is 389 Å². The van der Waals surface area contributed by atoms with Crippen molar-refractivity contribution in [2.75, 3.05) is 37.1 Å². The SMILES string of the molecule is CC(C)(C)OC(=O)N[C@@H](CC[C@H]1CN(C(=O)OC(C)(C)C)CS1)C(=O)O[C@H]1[C@@H](O)[C@H](n2cnc3c(N)ncnc32)O[C@@H]1CO[PH](O)(O)O[C@H]1C[C@H](n2ccc(N)nc2=O)O[C@@H]1COP(=O)(O)O. The van der Waals surface area contributed by atoms with Crippen molar-refractivity contribution in [1.82, 2.24) is 39.3 Å². The maximum absolute atomic E-state index is 14.2. The first-order valence-electron chi connectivity index (χ1n) is 20.7. The number of aliphatic hydroxyl groups is 1. The fraction of sp³-hybridized carbons (Fsp3) is 0.667. The van der Waals surface area contributed by atoms with Gasteiger partial charge in [-0.1, -0.05) is 0 Å². The molecule has 0 aromatic carbocycles. The van der Waals surface area contributed by atoms with Gasteiger partial charge in [-0.25, -0.2) is 4.79 Å². The summed E-state index contributed by atoms with van der Waals surface area (Å²) >= 11 is 1.44. The number of imidazole rings is 1. The van der Waals surface area contributed by atoms with Crippen molar-refractivity contribution >= 4 is 68.7 Å². The Labute approximate surface area is 386 Å². The van der Waals surface area contributed by atoms with Gasteiger partial charge in [0.15, 0.2) is 0 Å². The van der Waals surface area contributed by atoms with E-state index < -0.39 is 113 Å². The van der Waals surface area contributed by atoms with Crippen LogP contribution >= 0.6 is 27.8 Å². The number of thioether (sulfide) groups is 1. The van der Waals surface area contributed by atoms with Crippen LogP contribution in [0.5, 0.6) is 0 Å². The average molecular weight is 1010 g/mol. The second kappa shape index (κ2) is 20.7. The molecule has 3 fully saturated rings. The Morgan fingerprint density at radius 1 is 1.03 bits per heavy atom. The van der Waals surface area contributed by atoms with Gasteiger partial charge in [0.25, 0.3) is 0 Å². The van der Waals surface area contributed by atoms with Gasteiger partial charge in [0.1, 0.15) is 5.60 Å². The van der Waals surface area contributed by atoms with Crippen LogP contribution in [0.1, 0.15) is 73.3 Å². The Morgan fingerprint density at radius 2 is 1.75 bits per heavy atom. The third kappa shape index (κ3) is 14.1. The van der Waals surface area contributed by atoms with Gasteiger partial charge in [-0.05, 0) is 20.8 Å². The van der Waals surface area contributed by atoms with Gasteiger partial charge in [0, 0.05) is 0 Å². The van der Waals surface area contributed by atoms with Crippen LogP contribution in [-0.2, 0) is 46.6 Å². The monoisotopic (exact) mass is 1010 g/mol. The van der Waals surface area contributed by atoms with Crippen molar-refractivity contribution in [2.45, 2.75) is 126 Å². The molecule has 10 N–H and O–H groups in total. The number of esters is 1. The van der Waals surface area contributed by atoms with E-state index in [4.69, 9.17) is 44.2 Å². The summed E-state index contributed by atoms with van der Waals surface area (Å²) in [5, 5.41) is 14.2. The summed E-state index contributed by atoms with van der Waals surface area (Å²) in [5.41, 5.74) is 9.29. The number of nitrogen functional groups attached to an aromatic ring is 2. The first-order valence-corrected chi connectivity index (χ1v) is 25.0. The first kappa shape index (κ1) is 52.0. The Bertz CT molecular complexity index is 2360. The molecule has 3 aliphatic heterocycles. The molecule has 374 valence electrons. The number of hydrogen-bond donors (Lipinski definition) is 8. The van der Waals surface area contributed by atoms with Gasteiger partial charge in [0.2, 0.25) is 0 Å². The minimum atomic E-state index is -5.38. The molecule has 28 nitrogen and oxygen atoms in total. The van der Waals surface area contributed by atoms with Gasteiger partial charge >= 0.3 is 352 Å². The quantitative estimate of drug-likeness (QED) is 0.0553. The molecular formula is C36H56N10O18P2S. The number of nitrogens with zero attached hydrogens (tertiary/aromatic N) is 7. The fourth-order valence-electron chi connectivity index (χ4n) is 7.11. The number of aromatic nitrogens is 6. The normalized spacial score (nSPS) is 25.6. The number of aliphatic hydroxyl groups excluding tert-OH is 1. The predicted molar refractivity (Wildman–Crippen MR) is 234 cm³/mol. The summed E-state index contributed by atoms with van der Waals surface area (Å²) in [6.45, 7) is 8.71. The van der Waals surface area contributed by atoms with E-state index >= 15 is 0 Å². The zero-order valence-electron chi connectivity index (χ0n) is 37.1. The number of nitrogens with one attached hydrogen (secondary N) is 1. The molecule has 0 radical (unpaired) electrons. The van der Waals surface area contributed by atoms with Crippen LogP contribution in [0.2, 0.25) is 0 Å². The van der Waals surface area contributed by atoms with Crippen LogP contribution in [0.15, 0.2) is 29.7 Å². The van der Waals surface area contributed by atoms with Crippen LogP contribution in [0.4, 0.5) is 21.2 Å². The standard InChI is InChI=1S/C36H56N10O18P2S/c1-35(2,3)62-33(50)42-19(8-7-18-12-44(17-67-18)34(51)63-36(4,5)6)31(48)61-27-22(60-30(26(27)47)46-16-41-25-28(38)39-15-40-29(25)46)14-58-66(55,56)64-20-11-24(45-10-9-23(37)43-32(45)49)59-21(20)13-57-65(52,53)54/h9-10,15-16,18-22,24,26-27,30,47,55-56,66H,7-8,11-14,17H2,1-6H3,(H,42,50)(H2,37,43,49)(H2,38,39,40)(H2,52,53,54)/t18-,19-,20-,21+,22+,24+,26+,27+,30+/m0/s1. The number of rotatable bonds is 16. The van der Waals surface area contributed by atoms with Crippen LogP contribution in [0.3, 0.4) is 0 Å². The number of anilines is 2. The predicted octanol–water partition coefficient (Wildman–Crippen LogP) is 0.594. The molecule has 0 spiro atoms. The van der Waals surface area contributed by atoms with Crippen molar-refractivity contribution in [3.05, 3.63) is 35.4 Å². The summed E-state index contributed by atoms with van der Waals surface area (Å²) in [5.74, 6) is -0.837. The molecular weight excluding hydrogens is 954 g/mol. The van der Waals surface area contributed by atoms with Crippen molar-refractivity contribution in [3.8, 4) is 0 Å². The molecule has 67 heavy (non-hydrogen) atoms. The number of amides is 2. The van der Waals surface area contributed by atoms with E-state index in [0.29, 0.717) is 5.88 Å². The number of carbonyl (C=O) groups is 3. The zero-order chi connectivity index (χ0) is 49.2. The minimum absolute atomic E-state index is 0.00143. The third-order valence-electron chi connectivity index (χ3n) is 10.0. The van der Waals surface area contributed by atoms with Gasteiger partial charge in [0.05, 0.1) is 0 Å². The number of nitrogens with two attached hydrogens (primary N) is 2. The molecule has 9 atom stereocenters. The number of phosphoric acid groups is 1. The second-order valence-electron chi connectivity index (χ2n) is 17.6. The molecule has 31 heteroatoms. The zero-order valence-corrected chi connectivity index (χ0v) is 39.9. The van der Waals surface area contributed by atoms with Crippen molar-refractivity contribution in [3.63, 3.8) is 0 Å². The molecule has 3 aromatic rings. The molecule has 0 bridgehead atoms. The van der Waals surface area contributed by atoms with E-state index in [1.807, 2.05) is 0 Å². The summed E-state index contributed by atoms with van der Waals surface area (Å²) in [7, 11) is -10.5. The van der Waals surface area contributed by atoms with Gasteiger partial charge < -0.3 is 4.74 Å². The molecule has 6 heterocycles. The molecule has 3 aliphatic rings. The number of fused-ring (bicyclic) bond motifs is 1. The Morgan fingerprint density at radius 3 is 2.42 bits per heavy atom. The van der Waals surface area contributed by atoms with E-state index in [2.05, 4.69) is 29.8 Å². The summed E-state index contributed by atoms with van der Waals surface area (Å²) in [4.78, 5) is 111. The molecule has 0 unspecified atom stereocenters. The molecule has 0 saturated carbocycles. The summed E-state index contributed by atoms with van der Waals surface area (Å²) < 4.78 is 58.2. The molecule has 2 amide bonds. The summed E-state index contributed by atoms with van der Waals surface area (Å²) in [6, 6.07) is -0.105. The van der Waals surface area contributed by atoms with Crippen molar-refractivity contribution < 1.29 is 80.9 Å². The van der Waals surface area contributed by atoms with Crippen LogP contribution < -0.4 is 22.5 Å². The van der Waals surface area contributed by atoms with E-state index in [9.17, 15) is 48.4 Å². The molecule has 0 aliphatic carbocycles. The number of carbonyl (C=O) groups excluding carboxylic acids is 3. The van der Waals surface area contributed by atoms with E-state index in [0.717, 1.165) is 10.9 Å². The number of ether oxygens (including phenoxy) is 5. The molecule has 3 saturated heterocycles. The van der Waals surface area contributed by atoms with Gasteiger partial charge in [-0.15, -0.1) is 0 Å². The fourth-order valence-corrected chi connectivity index (χ4v) is 9.73. The second-order valence-corrected chi connectivity index (χ2v) is 21.8. The van der Waals surface area contributed by atoms with Crippen LogP contribution in [0, 0.1) is 0 Å². The number of alkyl carbamates (subject to hydrolysis) is 1. The molecule has 3 aromatic heterocycles. The van der Waals surface area contributed by atoms with E-state index in [-0.39, 0.29) is 53.9 Å². The molecule has 6 rings (SSSR count). The Balaban J connectivity index is 1.21. The van der Waals surface area contributed by atoms with E-state index in [1.54, 1.807) is 41.5 Å². The maximum atomic E-state index is 14.2. The van der Waals surface area contributed by atoms with Gasteiger partial charge in [-0.3, -0.25) is 0 Å². The van der Waals surface area contributed by atoms with Crippen LogP contribution in [0.25, 0.3) is 11.2 Å². The van der Waals surface area contributed by atoms with E-state index in [1.165, 1.54) is 39.8 Å².